The minimum Gasteiger partial charge on any atom is -0.491 e. The van der Waals surface area contributed by atoms with Gasteiger partial charge in [0.2, 0.25) is 10.0 Å². The van der Waals surface area contributed by atoms with E-state index in [2.05, 4.69) is 5.32 Å². The number of aryl methyl sites for hydroxylation is 1. The van der Waals surface area contributed by atoms with E-state index in [-0.39, 0.29) is 16.9 Å². The van der Waals surface area contributed by atoms with E-state index in [9.17, 15) is 13.2 Å². The molecule has 0 fully saturated rings. The third kappa shape index (κ3) is 6.07. The fourth-order valence-electron chi connectivity index (χ4n) is 2.65. The number of hydrogen-bond donors (Lipinski definition) is 1. The van der Waals surface area contributed by atoms with Gasteiger partial charge in [0.25, 0.3) is 5.91 Å². The van der Waals surface area contributed by atoms with Crippen LogP contribution in [-0.2, 0) is 16.4 Å². The summed E-state index contributed by atoms with van der Waals surface area (Å²) >= 11 is 0. The third-order valence-electron chi connectivity index (χ3n) is 4.07. The number of sulfonamides is 1. The number of rotatable bonds is 9. The first kappa shape index (κ1) is 21.9. The summed E-state index contributed by atoms with van der Waals surface area (Å²) < 4.78 is 31.2. The summed E-state index contributed by atoms with van der Waals surface area (Å²) in [4.78, 5) is 12.4. The highest BCUT2D eigenvalue weighted by Crippen LogP contribution is 2.17. The average Bonchev–Trinajstić information content (AvgIpc) is 2.65. The molecule has 0 saturated carbocycles. The number of hydrogen-bond acceptors (Lipinski definition) is 4. The van der Waals surface area contributed by atoms with Gasteiger partial charge < -0.3 is 10.1 Å². The van der Waals surface area contributed by atoms with E-state index in [1.54, 1.807) is 12.1 Å². The predicted molar refractivity (Wildman–Crippen MR) is 110 cm³/mol. The van der Waals surface area contributed by atoms with Gasteiger partial charge in [-0.2, -0.15) is 0 Å². The van der Waals surface area contributed by atoms with Crippen molar-refractivity contribution in [3.63, 3.8) is 0 Å². The molecule has 2 aromatic rings. The van der Waals surface area contributed by atoms with Gasteiger partial charge in [0.05, 0.1) is 11.0 Å². The van der Waals surface area contributed by atoms with Gasteiger partial charge in [0, 0.05) is 26.2 Å². The SMILES string of the molecule is CC(C)Oc1cccc(CCCNC(=O)c2cccc(S(=O)(=O)N(C)C)c2)c1. The molecule has 0 saturated heterocycles. The van der Waals surface area contributed by atoms with Crippen molar-refractivity contribution in [2.24, 2.45) is 0 Å². The first-order valence-electron chi connectivity index (χ1n) is 9.26. The third-order valence-corrected chi connectivity index (χ3v) is 5.88. The highest BCUT2D eigenvalue weighted by atomic mass is 32.2. The molecule has 0 spiro atoms. The zero-order valence-corrected chi connectivity index (χ0v) is 17.6. The molecule has 0 aliphatic heterocycles. The highest BCUT2D eigenvalue weighted by molar-refractivity contribution is 7.89. The standard InChI is InChI=1S/C21H28N2O4S/c1-16(2)27-19-11-5-8-17(14-19)9-7-13-22-21(24)18-10-6-12-20(15-18)28(25,26)23(3)4/h5-6,8,10-12,14-16H,7,9,13H2,1-4H3,(H,22,24). The largest absolute Gasteiger partial charge is 0.491 e. The predicted octanol–water partition coefficient (Wildman–Crippen LogP) is 3.09. The van der Waals surface area contributed by atoms with Crippen LogP contribution in [0.25, 0.3) is 0 Å². The Morgan fingerprint density at radius 2 is 1.82 bits per heavy atom. The van der Waals surface area contributed by atoms with Gasteiger partial charge in [-0.15, -0.1) is 0 Å². The molecular weight excluding hydrogens is 376 g/mol. The average molecular weight is 405 g/mol. The van der Waals surface area contributed by atoms with E-state index in [1.807, 2.05) is 38.1 Å². The van der Waals surface area contributed by atoms with Crippen LogP contribution in [0.2, 0.25) is 0 Å². The lowest BCUT2D eigenvalue weighted by Gasteiger charge is -2.12. The molecular formula is C21H28N2O4S. The Balaban J connectivity index is 1.90. The van der Waals surface area contributed by atoms with Crippen LogP contribution in [0.4, 0.5) is 0 Å². The summed E-state index contributed by atoms with van der Waals surface area (Å²) in [5, 5.41) is 2.85. The summed E-state index contributed by atoms with van der Waals surface area (Å²) in [6.45, 7) is 4.47. The number of benzene rings is 2. The van der Waals surface area contributed by atoms with Crippen molar-refractivity contribution < 1.29 is 17.9 Å². The maximum absolute atomic E-state index is 12.3. The molecule has 1 amide bonds. The minimum absolute atomic E-state index is 0.104. The zero-order valence-electron chi connectivity index (χ0n) is 16.8. The van der Waals surface area contributed by atoms with Crippen molar-refractivity contribution >= 4 is 15.9 Å². The Hall–Kier alpha value is -2.38. The first-order valence-corrected chi connectivity index (χ1v) is 10.7. The molecule has 0 aliphatic rings. The van der Waals surface area contributed by atoms with Crippen molar-refractivity contribution in [1.82, 2.24) is 9.62 Å². The lowest BCUT2D eigenvalue weighted by molar-refractivity contribution is 0.0953. The van der Waals surface area contributed by atoms with E-state index in [0.717, 1.165) is 28.5 Å². The van der Waals surface area contributed by atoms with Crippen LogP contribution in [-0.4, -0.2) is 45.4 Å². The van der Waals surface area contributed by atoms with Gasteiger partial charge in [-0.3, -0.25) is 4.79 Å². The molecule has 0 heterocycles. The van der Waals surface area contributed by atoms with Gasteiger partial charge in [-0.25, -0.2) is 12.7 Å². The number of nitrogens with zero attached hydrogens (tertiary/aromatic N) is 1. The Bertz CT molecular complexity index is 908. The molecule has 6 nitrogen and oxygen atoms in total. The smallest absolute Gasteiger partial charge is 0.251 e. The molecule has 0 bridgehead atoms. The maximum Gasteiger partial charge on any atom is 0.251 e. The van der Waals surface area contributed by atoms with Crippen molar-refractivity contribution in [2.45, 2.75) is 37.7 Å². The van der Waals surface area contributed by atoms with Gasteiger partial charge in [0.15, 0.2) is 0 Å². The van der Waals surface area contributed by atoms with Gasteiger partial charge in [-0.1, -0.05) is 18.2 Å². The normalized spacial score (nSPS) is 11.6. The zero-order chi connectivity index (χ0) is 20.7. The van der Waals surface area contributed by atoms with E-state index in [0.29, 0.717) is 12.1 Å². The molecule has 0 radical (unpaired) electrons. The summed E-state index contributed by atoms with van der Waals surface area (Å²) in [5.74, 6) is 0.558. The van der Waals surface area contributed by atoms with Crippen LogP contribution in [0.5, 0.6) is 5.75 Å². The summed E-state index contributed by atoms with van der Waals surface area (Å²) in [6.07, 6.45) is 1.71. The number of nitrogens with one attached hydrogen (secondary N) is 1. The number of carbonyl (C=O) groups is 1. The van der Waals surface area contributed by atoms with E-state index < -0.39 is 10.0 Å². The van der Waals surface area contributed by atoms with E-state index >= 15 is 0 Å². The lowest BCUT2D eigenvalue weighted by atomic mass is 10.1. The maximum atomic E-state index is 12.3. The van der Waals surface area contributed by atoms with Crippen LogP contribution < -0.4 is 10.1 Å². The summed E-state index contributed by atoms with van der Waals surface area (Å²) in [7, 11) is -0.642. The van der Waals surface area contributed by atoms with Crippen molar-refractivity contribution in [1.29, 1.82) is 0 Å². The second-order valence-electron chi connectivity index (χ2n) is 6.99. The van der Waals surface area contributed by atoms with Crippen LogP contribution >= 0.6 is 0 Å². The molecule has 2 rings (SSSR count). The second-order valence-corrected chi connectivity index (χ2v) is 9.14. The van der Waals surface area contributed by atoms with Crippen LogP contribution in [0.15, 0.2) is 53.4 Å². The number of ether oxygens (including phenoxy) is 1. The summed E-state index contributed by atoms with van der Waals surface area (Å²) in [5.41, 5.74) is 1.47. The van der Waals surface area contributed by atoms with E-state index in [4.69, 9.17) is 4.74 Å². The molecule has 0 aliphatic carbocycles. The number of carbonyl (C=O) groups excluding carboxylic acids is 1. The van der Waals surface area contributed by atoms with Crippen molar-refractivity contribution in [3.8, 4) is 5.75 Å². The number of amides is 1. The molecule has 0 atom stereocenters. The topological polar surface area (TPSA) is 75.7 Å². The minimum atomic E-state index is -3.57. The molecule has 1 N–H and O–H groups in total. The molecule has 0 unspecified atom stereocenters. The summed E-state index contributed by atoms with van der Waals surface area (Å²) in [6, 6.07) is 14.0. The molecule has 0 aromatic heterocycles. The molecule has 28 heavy (non-hydrogen) atoms. The second kappa shape index (κ2) is 9.71. The lowest BCUT2D eigenvalue weighted by Crippen LogP contribution is -2.26. The Kier molecular flexibility index (Phi) is 7.60. The molecule has 2 aromatic carbocycles. The van der Waals surface area contributed by atoms with Gasteiger partial charge in [-0.05, 0) is 62.6 Å². The van der Waals surface area contributed by atoms with Crippen LogP contribution in [0.1, 0.15) is 36.2 Å². The Morgan fingerprint density at radius 1 is 1.11 bits per heavy atom. The van der Waals surface area contributed by atoms with Crippen LogP contribution in [0.3, 0.4) is 0 Å². The fourth-order valence-corrected chi connectivity index (χ4v) is 3.60. The van der Waals surface area contributed by atoms with E-state index in [1.165, 1.54) is 26.2 Å². The van der Waals surface area contributed by atoms with Gasteiger partial charge >= 0.3 is 0 Å². The molecule has 7 heteroatoms. The first-order chi connectivity index (χ1) is 13.2. The van der Waals surface area contributed by atoms with Gasteiger partial charge in [0.1, 0.15) is 5.75 Å². The van der Waals surface area contributed by atoms with Crippen molar-refractivity contribution in [2.75, 3.05) is 20.6 Å². The van der Waals surface area contributed by atoms with Crippen molar-refractivity contribution in [3.05, 3.63) is 59.7 Å². The fraction of sp³-hybridized carbons (Fsp3) is 0.381. The molecule has 152 valence electrons. The Morgan fingerprint density at radius 3 is 2.50 bits per heavy atom. The van der Waals surface area contributed by atoms with Crippen LogP contribution in [0, 0.1) is 0 Å². The highest BCUT2D eigenvalue weighted by Gasteiger charge is 2.18. The quantitative estimate of drug-likeness (QED) is 0.652. The Labute approximate surface area is 167 Å². The monoisotopic (exact) mass is 404 g/mol.